The third-order valence-corrected chi connectivity index (χ3v) is 5.43. The van der Waals surface area contributed by atoms with Crippen LogP contribution in [0.25, 0.3) is 0 Å². The van der Waals surface area contributed by atoms with Gasteiger partial charge in [0, 0.05) is 0 Å². The third kappa shape index (κ3) is 1.80. The highest BCUT2D eigenvalue weighted by Crippen LogP contribution is 2.49. The van der Waals surface area contributed by atoms with Crippen molar-refractivity contribution >= 4 is 17.7 Å². The number of carbonyl (C=O) groups is 1. The first kappa shape index (κ1) is 11.5. The summed E-state index contributed by atoms with van der Waals surface area (Å²) >= 11 is 1.83. The van der Waals surface area contributed by atoms with E-state index in [0.29, 0.717) is 5.82 Å². The molecule has 1 saturated heterocycles. The van der Waals surface area contributed by atoms with Crippen LogP contribution >= 0.6 is 11.8 Å². The van der Waals surface area contributed by atoms with Gasteiger partial charge in [-0.3, -0.25) is 15.2 Å². The Balaban J connectivity index is 1.60. The summed E-state index contributed by atoms with van der Waals surface area (Å²) in [6.45, 7) is 0. The lowest BCUT2D eigenvalue weighted by atomic mass is 9.87. The molecule has 1 aromatic rings. The number of nitrogens with zero attached hydrogens (tertiary/aromatic N) is 2. The molecule has 4 rings (SSSR count). The minimum Gasteiger partial charge on any atom is -0.333 e. The van der Waals surface area contributed by atoms with Crippen molar-refractivity contribution in [1.82, 2.24) is 25.8 Å². The molecule has 3 unspecified atom stereocenters. The molecular weight excluding hydrogens is 262 g/mol. The summed E-state index contributed by atoms with van der Waals surface area (Å²) in [4.78, 5) is 17.9. The first-order valence-electron chi connectivity index (χ1n) is 6.63. The number of aromatic amines is 1. The van der Waals surface area contributed by atoms with Crippen LogP contribution in [0.2, 0.25) is 0 Å². The van der Waals surface area contributed by atoms with Crippen LogP contribution < -0.4 is 10.6 Å². The van der Waals surface area contributed by atoms with Crippen LogP contribution in [0.15, 0.2) is 16.8 Å². The maximum atomic E-state index is 12.4. The van der Waals surface area contributed by atoms with E-state index in [4.69, 9.17) is 0 Å². The molecule has 0 aromatic carbocycles. The summed E-state index contributed by atoms with van der Waals surface area (Å²) in [5.41, 5.74) is 1.36. The molecule has 3 aliphatic rings. The molecule has 2 aliphatic heterocycles. The number of carbonyl (C=O) groups excluding carboxylic acids is 1. The lowest BCUT2D eigenvalue weighted by Gasteiger charge is -2.33. The Kier molecular flexibility index (Phi) is 2.63. The van der Waals surface area contributed by atoms with E-state index in [-0.39, 0.29) is 23.4 Å². The SMILES string of the molecule is O=C1NC(c2ncn[nH]2)NC2SC3=C(CCCC3)C12. The smallest absolute Gasteiger partial charge is 0.231 e. The number of thioether (sulfide) groups is 1. The average Bonchev–Trinajstić information content (AvgIpc) is 3.05. The summed E-state index contributed by atoms with van der Waals surface area (Å²) in [5, 5.41) is 13.2. The van der Waals surface area contributed by atoms with Gasteiger partial charge in [-0.1, -0.05) is 0 Å². The zero-order valence-electron chi connectivity index (χ0n) is 10.3. The van der Waals surface area contributed by atoms with E-state index in [9.17, 15) is 4.79 Å². The lowest BCUT2D eigenvalue weighted by molar-refractivity contribution is -0.127. The minimum atomic E-state index is -0.259. The molecule has 1 amide bonds. The lowest BCUT2D eigenvalue weighted by Crippen LogP contribution is -2.54. The summed E-state index contributed by atoms with van der Waals surface area (Å²) in [7, 11) is 0. The first-order chi connectivity index (χ1) is 9.33. The Bertz CT molecular complexity index is 540. The molecule has 19 heavy (non-hydrogen) atoms. The Morgan fingerprint density at radius 2 is 2.21 bits per heavy atom. The molecule has 1 aromatic heterocycles. The molecule has 3 heterocycles. The van der Waals surface area contributed by atoms with Gasteiger partial charge in [0.05, 0.1) is 11.3 Å². The molecule has 0 spiro atoms. The number of allylic oxidation sites excluding steroid dienone is 1. The number of nitrogens with one attached hydrogen (secondary N) is 3. The second-order valence-electron chi connectivity index (χ2n) is 5.15. The van der Waals surface area contributed by atoms with Crippen LogP contribution in [0.1, 0.15) is 37.7 Å². The van der Waals surface area contributed by atoms with Crippen molar-refractivity contribution < 1.29 is 4.79 Å². The average molecular weight is 277 g/mol. The van der Waals surface area contributed by atoms with E-state index in [2.05, 4.69) is 25.8 Å². The number of hydrogen-bond donors (Lipinski definition) is 3. The fourth-order valence-electron chi connectivity index (χ4n) is 3.13. The Labute approximate surface area is 114 Å². The molecular formula is C12H15N5OS. The number of hydrogen-bond acceptors (Lipinski definition) is 5. The highest BCUT2D eigenvalue weighted by molar-refractivity contribution is 8.04. The number of rotatable bonds is 1. The summed E-state index contributed by atoms with van der Waals surface area (Å²) in [6.07, 6.45) is 5.87. The van der Waals surface area contributed by atoms with Gasteiger partial charge in [0.25, 0.3) is 0 Å². The Hall–Kier alpha value is -1.34. The minimum absolute atomic E-state index is 0.000489. The summed E-state index contributed by atoms with van der Waals surface area (Å²) in [5.74, 6) is 0.779. The number of H-pyrrole nitrogens is 1. The second-order valence-corrected chi connectivity index (χ2v) is 6.39. The van der Waals surface area contributed by atoms with E-state index in [1.165, 1.54) is 29.6 Å². The van der Waals surface area contributed by atoms with Crippen molar-refractivity contribution in [3.8, 4) is 0 Å². The van der Waals surface area contributed by atoms with Crippen molar-refractivity contribution in [3.05, 3.63) is 22.6 Å². The van der Waals surface area contributed by atoms with Gasteiger partial charge in [-0.15, -0.1) is 11.8 Å². The number of aromatic nitrogens is 3. The van der Waals surface area contributed by atoms with E-state index in [1.54, 1.807) is 0 Å². The second kappa shape index (κ2) is 4.35. The van der Waals surface area contributed by atoms with Crippen LogP contribution in [0, 0.1) is 5.92 Å². The Morgan fingerprint density at radius 3 is 3.05 bits per heavy atom. The van der Waals surface area contributed by atoms with Gasteiger partial charge in [-0.05, 0) is 36.2 Å². The topological polar surface area (TPSA) is 82.7 Å². The molecule has 1 aliphatic carbocycles. The zero-order chi connectivity index (χ0) is 12.8. The van der Waals surface area contributed by atoms with Gasteiger partial charge >= 0.3 is 0 Å². The zero-order valence-corrected chi connectivity index (χ0v) is 11.2. The fraction of sp³-hybridized carbons (Fsp3) is 0.583. The van der Waals surface area contributed by atoms with Crippen molar-refractivity contribution in [2.24, 2.45) is 5.92 Å². The highest BCUT2D eigenvalue weighted by Gasteiger charge is 2.45. The van der Waals surface area contributed by atoms with Crippen LogP contribution in [0.5, 0.6) is 0 Å². The molecule has 0 radical (unpaired) electrons. The predicted molar refractivity (Wildman–Crippen MR) is 70.8 cm³/mol. The van der Waals surface area contributed by atoms with Gasteiger partial charge in [0.15, 0.2) is 5.82 Å². The van der Waals surface area contributed by atoms with E-state index >= 15 is 0 Å². The number of fused-ring (bicyclic) bond motifs is 2. The van der Waals surface area contributed by atoms with Crippen molar-refractivity contribution in [2.75, 3.05) is 0 Å². The molecule has 1 fully saturated rings. The third-order valence-electron chi connectivity index (χ3n) is 4.01. The van der Waals surface area contributed by atoms with E-state index in [0.717, 1.165) is 12.8 Å². The van der Waals surface area contributed by atoms with Crippen molar-refractivity contribution in [2.45, 2.75) is 37.2 Å². The van der Waals surface area contributed by atoms with Gasteiger partial charge in [0.2, 0.25) is 5.91 Å². The fourth-order valence-corrected chi connectivity index (χ4v) is 4.71. The van der Waals surface area contributed by atoms with Gasteiger partial charge in [-0.25, -0.2) is 4.98 Å². The molecule has 0 bridgehead atoms. The molecule has 3 atom stereocenters. The molecule has 3 N–H and O–H groups in total. The largest absolute Gasteiger partial charge is 0.333 e. The van der Waals surface area contributed by atoms with Gasteiger partial charge in [-0.2, -0.15) is 5.10 Å². The van der Waals surface area contributed by atoms with Gasteiger partial charge in [0.1, 0.15) is 12.5 Å². The van der Waals surface area contributed by atoms with Crippen molar-refractivity contribution in [3.63, 3.8) is 0 Å². The van der Waals surface area contributed by atoms with E-state index < -0.39 is 0 Å². The van der Waals surface area contributed by atoms with E-state index in [1.807, 2.05) is 11.8 Å². The molecule has 7 heteroatoms. The summed E-state index contributed by atoms with van der Waals surface area (Å²) in [6, 6.07) is 0. The predicted octanol–water partition coefficient (Wildman–Crippen LogP) is 1.04. The summed E-state index contributed by atoms with van der Waals surface area (Å²) < 4.78 is 0. The van der Waals surface area contributed by atoms with Crippen LogP contribution in [-0.4, -0.2) is 26.5 Å². The molecule has 100 valence electrons. The van der Waals surface area contributed by atoms with Gasteiger partial charge < -0.3 is 5.32 Å². The Morgan fingerprint density at radius 1 is 1.32 bits per heavy atom. The molecule has 0 saturated carbocycles. The number of amides is 1. The normalized spacial score (nSPS) is 33.9. The first-order valence-corrected chi connectivity index (χ1v) is 7.51. The standard InChI is InChI=1S/C12H15N5OS/c18-11-8-6-3-1-2-4-7(6)19-12(8)16-10(15-11)9-13-5-14-17-9/h5,8,10,12,16H,1-4H2,(H,15,18)(H,13,14,17). The van der Waals surface area contributed by atoms with Crippen LogP contribution in [0.3, 0.4) is 0 Å². The van der Waals surface area contributed by atoms with Crippen LogP contribution in [-0.2, 0) is 4.79 Å². The molecule has 6 nitrogen and oxygen atoms in total. The van der Waals surface area contributed by atoms with Crippen LogP contribution in [0.4, 0.5) is 0 Å². The highest BCUT2D eigenvalue weighted by atomic mass is 32.2. The monoisotopic (exact) mass is 277 g/mol. The quantitative estimate of drug-likeness (QED) is 0.714. The maximum Gasteiger partial charge on any atom is 0.231 e. The van der Waals surface area contributed by atoms with Crippen molar-refractivity contribution in [1.29, 1.82) is 0 Å². The maximum absolute atomic E-state index is 12.4.